The van der Waals surface area contributed by atoms with Gasteiger partial charge in [-0.3, -0.25) is 9.59 Å². The first-order chi connectivity index (χ1) is 6.29. The van der Waals surface area contributed by atoms with Crippen molar-refractivity contribution in [3.8, 4) is 0 Å². The zero-order chi connectivity index (χ0) is 11.4. The molecule has 0 unspecified atom stereocenters. The van der Waals surface area contributed by atoms with Gasteiger partial charge < -0.3 is 11.1 Å². The van der Waals surface area contributed by atoms with E-state index in [1.807, 2.05) is 20.8 Å². The molecule has 0 aliphatic rings. The predicted molar refractivity (Wildman–Crippen MR) is 55.4 cm³/mol. The van der Waals surface area contributed by atoms with E-state index in [9.17, 15) is 9.59 Å². The number of rotatable bonds is 3. The Hall–Kier alpha value is -1.32. The Morgan fingerprint density at radius 3 is 2.14 bits per heavy atom. The summed E-state index contributed by atoms with van der Waals surface area (Å²) in [4.78, 5) is 22.3. The van der Waals surface area contributed by atoms with Crippen LogP contribution in [0.1, 0.15) is 27.7 Å². The van der Waals surface area contributed by atoms with E-state index in [-0.39, 0.29) is 11.3 Å². The molecule has 0 saturated heterocycles. The molecule has 3 N–H and O–H groups in total. The molecule has 0 rings (SSSR count). The van der Waals surface area contributed by atoms with E-state index in [1.165, 1.54) is 6.08 Å². The molecule has 0 fully saturated rings. The first kappa shape index (κ1) is 12.7. The van der Waals surface area contributed by atoms with Crippen LogP contribution in [0.2, 0.25) is 0 Å². The van der Waals surface area contributed by atoms with E-state index in [0.29, 0.717) is 0 Å². The first-order valence-electron chi connectivity index (χ1n) is 4.51. The molecule has 0 radical (unpaired) electrons. The maximum absolute atomic E-state index is 11.2. The van der Waals surface area contributed by atoms with E-state index < -0.39 is 11.9 Å². The van der Waals surface area contributed by atoms with Crippen molar-refractivity contribution in [2.24, 2.45) is 11.1 Å². The summed E-state index contributed by atoms with van der Waals surface area (Å²) >= 11 is 0. The largest absolute Gasteiger partial charge is 0.368 e. The van der Waals surface area contributed by atoms with Gasteiger partial charge in [-0.05, 0) is 18.4 Å². The molecule has 0 aromatic rings. The van der Waals surface area contributed by atoms with Crippen molar-refractivity contribution in [2.45, 2.75) is 33.7 Å². The second-order valence-corrected chi connectivity index (χ2v) is 4.21. The summed E-state index contributed by atoms with van der Waals surface area (Å²) in [6.07, 6.45) is 2.97. The van der Waals surface area contributed by atoms with Crippen molar-refractivity contribution < 1.29 is 9.59 Å². The van der Waals surface area contributed by atoms with Crippen LogP contribution in [0.15, 0.2) is 12.2 Å². The Balaban J connectivity index is 4.56. The van der Waals surface area contributed by atoms with Crippen LogP contribution in [0.5, 0.6) is 0 Å². The highest BCUT2D eigenvalue weighted by atomic mass is 16.2. The third kappa shape index (κ3) is 4.07. The fourth-order valence-electron chi connectivity index (χ4n) is 1.06. The Morgan fingerprint density at radius 1 is 1.36 bits per heavy atom. The molecule has 0 aliphatic heterocycles. The quantitative estimate of drug-likeness (QED) is 0.651. The van der Waals surface area contributed by atoms with Crippen molar-refractivity contribution in [3.63, 3.8) is 0 Å². The molecule has 2 amide bonds. The van der Waals surface area contributed by atoms with Gasteiger partial charge in [0.05, 0.1) is 0 Å². The number of carbonyl (C=O) groups excluding carboxylic acids is 2. The average molecular weight is 198 g/mol. The predicted octanol–water partition coefficient (Wildman–Crippen LogP) is 0.579. The number of allylic oxidation sites excluding steroid dienone is 1. The van der Waals surface area contributed by atoms with Gasteiger partial charge in [0.15, 0.2) is 0 Å². The van der Waals surface area contributed by atoms with Crippen LogP contribution >= 0.6 is 0 Å². The van der Waals surface area contributed by atoms with Crippen LogP contribution in [-0.4, -0.2) is 17.9 Å². The summed E-state index contributed by atoms with van der Waals surface area (Å²) in [5.41, 5.74) is 4.82. The van der Waals surface area contributed by atoms with Gasteiger partial charge in [-0.2, -0.15) is 0 Å². The Labute approximate surface area is 84.5 Å². The van der Waals surface area contributed by atoms with Gasteiger partial charge in [-0.1, -0.05) is 26.8 Å². The number of hydrogen-bond donors (Lipinski definition) is 2. The summed E-state index contributed by atoms with van der Waals surface area (Å²) in [7, 11) is 0. The fourth-order valence-corrected chi connectivity index (χ4v) is 1.06. The molecule has 0 spiro atoms. The molecule has 0 aromatic heterocycles. The van der Waals surface area contributed by atoms with Crippen LogP contribution in [0, 0.1) is 5.41 Å². The van der Waals surface area contributed by atoms with E-state index in [1.54, 1.807) is 13.0 Å². The highest BCUT2D eigenvalue weighted by Crippen LogP contribution is 2.18. The smallest absolute Gasteiger partial charge is 0.244 e. The first-order valence-corrected chi connectivity index (χ1v) is 4.51. The fraction of sp³-hybridized carbons (Fsp3) is 0.600. The summed E-state index contributed by atoms with van der Waals surface area (Å²) in [6.45, 7) is 7.27. The van der Waals surface area contributed by atoms with Crippen LogP contribution in [0.4, 0.5) is 0 Å². The van der Waals surface area contributed by atoms with Crippen molar-refractivity contribution in [3.05, 3.63) is 12.2 Å². The van der Waals surface area contributed by atoms with Crippen LogP contribution < -0.4 is 11.1 Å². The highest BCUT2D eigenvalue weighted by molar-refractivity contribution is 5.92. The van der Waals surface area contributed by atoms with E-state index >= 15 is 0 Å². The lowest BCUT2D eigenvalue weighted by Crippen LogP contribution is -2.51. The SMILES string of the molecule is C/C=C\C(=O)N[C@H](C(N)=O)C(C)(C)C. The third-order valence-corrected chi connectivity index (χ3v) is 1.76. The van der Waals surface area contributed by atoms with E-state index in [4.69, 9.17) is 5.73 Å². The number of amides is 2. The molecule has 1 atom stereocenters. The van der Waals surface area contributed by atoms with Gasteiger partial charge in [0.25, 0.3) is 0 Å². The van der Waals surface area contributed by atoms with Crippen LogP contribution in [-0.2, 0) is 9.59 Å². The second kappa shape index (κ2) is 4.79. The maximum atomic E-state index is 11.2. The molecule has 4 heteroatoms. The number of hydrogen-bond acceptors (Lipinski definition) is 2. The van der Waals surface area contributed by atoms with Crippen LogP contribution in [0.3, 0.4) is 0 Å². The van der Waals surface area contributed by atoms with Crippen molar-refractivity contribution in [1.29, 1.82) is 0 Å². The van der Waals surface area contributed by atoms with Gasteiger partial charge in [-0.25, -0.2) is 0 Å². The number of carbonyl (C=O) groups is 2. The lowest BCUT2D eigenvalue weighted by molar-refractivity contribution is -0.127. The minimum absolute atomic E-state index is 0.300. The van der Waals surface area contributed by atoms with Crippen molar-refractivity contribution in [2.75, 3.05) is 0 Å². The summed E-state index contributed by atoms with van der Waals surface area (Å²) < 4.78 is 0. The summed E-state index contributed by atoms with van der Waals surface area (Å²) in [6, 6.07) is -0.647. The van der Waals surface area contributed by atoms with Crippen molar-refractivity contribution in [1.82, 2.24) is 5.32 Å². The zero-order valence-electron chi connectivity index (χ0n) is 9.13. The number of nitrogens with two attached hydrogens (primary N) is 1. The molecular formula is C10H18N2O2. The van der Waals surface area contributed by atoms with Crippen LogP contribution in [0.25, 0.3) is 0 Å². The zero-order valence-corrected chi connectivity index (χ0v) is 9.13. The van der Waals surface area contributed by atoms with Gasteiger partial charge in [-0.15, -0.1) is 0 Å². The van der Waals surface area contributed by atoms with E-state index in [2.05, 4.69) is 5.32 Å². The molecular weight excluding hydrogens is 180 g/mol. The average Bonchev–Trinajstić information content (AvgIpc) is 1.98. The monoisotopic (exact) mass is 198 g/mol. The number of primary amides is 1. The van der Waals surface area contributed by atoms with Gasteiger partial charge in [0, 0.05) is 0 Å². The van der Waals surface area contributed by atoms with Gasteiger partial charge in [0.1, 0.15) is 6.04 Å². The third-order valence-electron chi connectivity index (χ3n) is 1.76. The molecule has 0 aromatic carbocycles. The molecule has 14 heavy (non-hydrogen) atoms. The summed E-state index contributed by atoms with van der Waals surface area (Å²) in [5, 5.41) is 2.56. The number of nitrogens with one attached hydrogen (secondary N) is 1. The molecule has 0 saturated carbocycles. The summed E-state index contributed by atoms with van der Waals surface area (Å²) in [5.74, 6) is -0.818. The minimum Gasteiger partial charge on any atom is -0.368 e. The maximum Gasteiger partial charge on any atom is 0.244 e. The second-order valence-electron chi connectivity index (χ2n) is 4.21. The lowest BCUT2D eigenvalue weighted by atomic mass is 9.86. The molecule has 80 valence electrons. The Kier molecular flexibility index (Phi) is 4.34. The Bertz CT molecular complexity index is 251. The minimum atomic E-state index is -0.647. The molecule has 0 bridgehead atoms. The lowest BCUT2D eigenvalue weighted by Gasteiger charge is -2.28. The van der Waals surface area contributed by atoms with Gasteiger partial charge in [0.2, 0.25) is 11.8 Å². The van der Waals surface area contributed by atoms with Crippen molar-refractivity contribution >= 4 is 11.8 Å². The van der Waals surface area contributed by atoms with Gasteiger partial charge >= 0.3 is 0 Å². The highest BCUT2D eigenvalue weighted by Gasteiger charge is 2.30. The van der Waals surface area contributed by atoms with E-state index in [0.717, 1.165) is 0 Å². The molecule has 4 nitrogen and oxygen atoms in total. The molecule has 0 aliphatic carbocycles. The standard InChI is InChI=1S/C10H18N2O2/c1-5-6-7(13)12-8(9(11)14)10(2,3)4/h5-6,8H,1-4H3,(H2,11,14)(H,12,13)/b6-5-/t8-/m1/s1. The normalized spacial score (nSPS) is 14.0. The topological polar surface area (TPSA) is 72.2 Å². The molecule has 0 heterocycles. The Morgan fingerprint density at radius 2 is 1.86 bits per heavy atom.